The number of para-hydroxylation sites is 1. The first kappa shape index (κ1) is 30.4. The van der Waals surface area contributed by atoms with Gasteiger partial charge in [0, 0.05) is 26.9 Å². The van der Waals surface area contributed by atoms with E-state index in [0.717, 1.165) is 11.1 Å². The highest BCUT2D eigenvalue weighted by Gasteiger charge is 2.32. The number of fused-ring (bicyclic) bond motifs is 1. The summed E-state index contributed by atoms with van der Waals surface area (Å²) >= 11 is 13.9. The molecule has 45 heavy (non-hydrogen) atoms. The molecule has 0 bridgehead atoms. The Kier molecular flexibility index (Phi) is 8.89. The third-order valence-corrected chi connectivity index (χ3v) is 8.92. The normalized spacial score (nSPS) is 14.5. The molecule has 7 nitrogen and oxygen atoms in total. The number of ether oxygens (including phenoxy) is 2. The monoisotopic (exact) mass is 655 g/mol. The number of rotatable bonds is 8. The molecule has 0 unspecified atom stereocenters. The maximum Gasteiger partial charge on any atom is 0.271 e. The summed E-state index contributed by atoms with van der Waals surface area (Å²) in [6.07, 6.45) is 1.74. The Balaban J connectivity index is 1.45. The maximum absolute atomic E-state index is 14.2. The molecule has 0 saturated heterocycles. The molecule has 5 aromatic rings. The number of nitrogens with one attached hydrogen (secondary N) is 1. The zero-order chi connectivity index (χ0) is 31.5. The smallest absolute Gasteiger partial charge is 0.271 e. The number of carbonyl (C=O) groups is 1. The number of allylic oxidation sites excluding steroid dienone is 1. The lowest BCUT2D eigenvalue weighted by Crippen LogP contribution is -2.40. The van der Waals surface area contributed by atoms with Crippen molar-refractivity contribution in [3.8, 4) is 11.5 Å². The van der Waals surface area contributed by atoms with Crippen molar-refractivity contribution < 1.29 is 14.3 Å². The summed E-state index contributed by atoms with van der Waals surface area (Å²) in [5.74, 6) is 0.853. The highest BCUT2D eigenvalue weighted by atomic mass is 35.5. The van der Waals surface area contributed by atoms with Crippen LogP contribution in [0.3, 0.4) is 0 Å². The Morgan fingerprint density at radius 1 is 1.00 bits per heavy atom. The van der Waals surface area contributed by atoms with Crippen molar-refractivity contribution in [1.29, 1.82) is 0 Å². The zero-order valence-corrected chi connectivity index (χ0v) is 26.6. The third-order valence-electron chi connectivity index (χ3n) is 7.33. The number of anilines is 1. The molecule has 1 N–H and O–H groups in total. The van der Waals surface area contributed by atoms with Gasteiger partial charge in [0.25, 0.3) is 11.5 Å². The van der Waals surface area contributed by atoms with Crippen LogP contribution in [0.2, 0.25) is 10.0 Å². The van der Waals surface area contributed by atoms with Crippen LogP contribution >= 0.6 is 34.5 Å². The second-order valence-electron chi connectivity index (χ2n) is 10.2. The Labute approximate surface area is 273 Å². The first-order valence-corrected chi connectivity index (χ1v) is 15.6. The molecule has 0 radical (unpaired) electrons. The van der Waals surface area contributed by atoms with E-state index in [0.29, 0.717) is 53.4 Å². The number of methoxy groups -OCH3 is 1. The van der Waals surface area contributed by atoms with Gasteiger partial charge < -0.3 is 14.8 Å². The fraction of sp³-hybridized carbons (Fsp3) is 0.114. The van der Waals surface area contributed by atoms with Crippen LogP contribution < -0.4 is 29.7 Å². The van der Waals surface area contributed by atoms with Gasteiger partial charge in [-0.3, -0.25) is 14.2 Å². The molecule has 6 rings (SSSR count). The van der Waals surface area contributed by atoms with Crippen LogP contribution in [0.1, 0.15) is 29.7 Å². The molecule has 226 valence electrons. The van der Waals surface area contributed by atoms with Crippen LogP contribution in [0.4, 0.5) is 5.69 Å². The highest BCUT2D eigenvalue weighted by Crippen LogP contribution is 2.32. The maximum atomic E-state index is 14.2. The molecular weight excluding hydrogens is 629 g/mol. The van der Waals surface area contributed by atoms with E-state index >= 15 is 0 Å². The molecule has 0 spiro atoms. The molecule has 1 amide bonds. The minimum absolute atomic E-state index is 0.236. The van der Waals surface area contributed by atoms with Crippen molar-refractivity contribution in [3.05, 3.63) is 155 Å². The summed E-state index contributed by atoms with van der Waals surface area (Å²) in [7, 11) is 1.59. The summed E-state index contributed by atoms with van der Waals surface area (Å²) in [4.78, 5) is 33.2. The van der Waals surface area contributed by atoms with Gasteiger partial charge in [-0.05, 0) is 67.1 Å². The van der Waals surface area contributed by atoms with Gasteiger partial charge in [0.15, 0.2) is 4.80 Å². The molecule has 0 saturated carbocycles. The third kappa shape index (κ3) is 6.44. The lowest BCUT2D eigenvalue weighted by atomic mass is 9.95. The van der Waals surface area contributed by atoms with Gasteiger partial charge in [-0.15, -0.1) is 0 Å². The number of hydrogen-bond acceptors (Lipinski definition) is 6. The predicted molar refractivity (Wildman–Crippen MR) is 179 cm³/mol. The average Bonchev–Trinajstić information content (AvgIpc) is 3.34. The SMILES string of the molecule is COc1ccc([C@H]2C(C(=O)Nc3ccccc3)=C(C)N=c3s/c(=C/c4cc(Cl)ccc4OCc4ccccc4Cl)c(=O)n32)cc1. The molecular formula is C35H27Cl2N3O4S. The average molecular weight is 657 g/mol. The van der Waals surface area contributed by atoms with E-state index in [4.69, 9.17) is 37.7 Å². The van der Waals surface area contributed by atoms with E-state index in [2.05, 4.69) is 5.32 Å². The van der Waals surface area contributed by atoms with E-state index in [9.17, 15) is 9.59 Å². The van der Waals surface area contributed by atoms with Crippen LogP contribution in [0.15, 0.2) is 118 Å². The first-order valence-electron chi connectivity index (χ1n) is 14.0. The van der Waals surface area contributed by atoms with Gasteiger partial charge in [-0.2, -0.15) is 0 Å². The first-order chi connectivity index (χ1) is 21.8. The van der Waals surface area contributed by atoms with E-state index < -0.39 is 6.04 Å². The van der Waals surface area contributed by atoms with Crippen molar-refractivity contribution in [1.82, 2.24) is 4.57 Å². The molecule has 1 aliphatic heterocycles. The van der Waals surface area contributed by atoms with Crippen molar-refractivity contribution in [3.63, 3.8) is 0 Å². The summed E-state index contributed by atoms with van der Waals surface area (Å²) in [5.41, 5.74) is 3.42. The summed E-state index contributed by atoms with van der Waals surface area (Å²) in [6.45, 7) is 2.02. The number of benzene rings is 4. The number of aromatic nitrogens is 1. The van der Waals surface area contributed by atoms with E-state index in [-0.39, 0.29) is 18.1 Å². The number of hydrogen-bond donors (Lipinski definition) is 1. The topological polar surface area (TPSA) is 81.9 Å². The van der Waals surface area contributed by atoms with Crippen molar-refractivity contribution >= 4 is 52.2 Å². The van der Waals surface area contributed by atoms with Crippen LogP contribution in [0.25, 0.3) is 6.08 Å². The van der Waals surface area contributed by atoms with Gasteiger partial charge in [-0.25, -0.2) is 4.99 Å². The molecule has 0 aliphatic carbocycles. The van der Waals surface area contributed by atoms with Gasteiger partial charge in [0.2, 0.25) is 0 Å². The van der Waals surface area contributed by atoms with Crippen LogP contribution in [-0.4, -0.2) is 17.6 Å². The van der Waals surface area contributed by atoms with Gasteiger partial charge in [-0.1, -0.05) is 83.1 Å². The van der Waals surface area contributed by atoms with Gasteiger partial charge in [0.05, 0.1) is 29.0 Å². The molecule has 1 atom stereocenters. The number of amides is 1. The summed E-state index contributed by atoms with van der Waals surface area (Å²) in [5, 5.41) is 4.06. The second-order valence-corrected chi connectivity index (χ2v) is 12.1. The van der Waals surface area contributed by atoms with Gasteiger partial charge in [0.1, 0.15) is 18.1 Å². The minimum atomic E-state index is -0.728. The van der Waals surface area contributed by atoms with Crippen molar-refractivity contribution in [2.45, 2.75) is 19.6 Å². The second kappa shape index (κ2) is 13.2. The zero-order valence-electron chi connectivity index (χ0n) is 24.3. The largest absolute Gasteiger partial charge is 0.497 e. The summed E-state index contributed by atoms with van der Waals surface area (Å²) < 4.78 is 13.5. The van der Waals surface area contributed by atoms with Crippen LogP contribution in [0, 0.1) is 0 Å². The minimum Gasteiger partial charge on any atom is -0.497 e. The molecule has 0 fully saturated rings. The Hall–Kier alpha value is -4.63. The number of carbonyl (C=O) groups excluding carboxylic acids is 1. The fourth-order valence-corrected chi connectivity index (χ4v) is 6.52. The number of halogens is 2. The lowest BCUT2D eigenvalue weighted by molar-refractivity contribution is -0.113. The molecule has 4 aromatic carbocycles. The Bertz CT molecular complexity index is 2110. The van der Waals surface area contributed by atoms with Crippen molar-refractivity contribution in [2.24, 2.45) is 4.99 Å². The quantitative estimate of drug-likeness (QED) is 0.200. The van der Waals surface area contributed by atoms with E-state index in [1.54, 1.807) is 48.9 Å². The lowest BCUT2D eigenvalue weighted by Gasteiger charge is -2.25. The fourth-order valence-electron chi connectivity index (χ4n) is 5.11. The molecule has 10 heteroatoms. The van der Waals surface area contributed by atoms with Crippen LogP contribution in [0.5, 0.6) is 11.5 Å². The molecule has 1 aromatic heterocycles. The summed E-state index contributed by atoms with van der Waals surface area (Å²) in [6, 6.07) is 28.4. The number of nitrogens with zero attached hydrogens (tertiary/aromatic N) is 2. The Morgan fingerprint density at radius 2 is 1.73 bits per heavy atom. The highest BCUT2D eigenvalue weighted by molar-refractivity contribution is 7.07. The van der Waals surface area contributed by atoms with E-state index in [1.807, 2.05) is 72.8 Å². The van der Waals surface area contributed by atoms with Gasteiger partial charge >= 0.3 is 0 Å². The molecule has 2 heterocycles. The molecule has 1 aliphatic rings. The predicted octanol–water partition coefficient (Wildman–Crippen LogP) is 6.77. The standard InChI is InChI=1S/C35H27Cl2N3O4S/c1-21-31(33(41)39-26-9-4-3-5-10-26)32(22-12-15-27(43-2)16-13-22)40-34(42)30(45-35(40)38-21)19-24-18-25(36)14-17-29(24)44-20-23-8-6-7-11-28(23)37/h3-19,32H,20H2,1-2H3,(H,39,41)/b30-19+/t32-/m0/s1. The van der Waals surface area contributed by atoms with Crippen LogP contribution in [-0.2, 0) is 11.4 Å². The Morgan fingerprint density at radius 3 is 2.47 bits per heavy atom. The van der Waals surface area contributed by atoms with Crippen molar-refractivity contribution in [2.75, 3.05) is 12.4 Å². The van der Waals surface area contributed by atoms with E-state index in [1.165, 1.54) is 11.3 Å². The number of thiazole rings is 1.